The van der Waals surface area contributed by atoms with Gasteiger partial charge in [-0.2, -0.15) is 0 Å². The van der Waals surface area contributed by atoms with E-state index >= 15 is 0 Å². The lowest BCUT2D eigenvalue weighted by Crippen LogP contribution is -2.34. The molecule has 2 saturated heterocycles. The summed E-state index contributed by atoms with van der Waals surface area (Å²) < 4.78 is 5.30. The van der Waals surface area contributed by atoms with E-state index in [1.165, 1.54) is 0 Å². The minimum absolute atomic E-state index is 0.00298. The summed E-state index contributed by atoms with van der Waals surface area (Å²) >= 11 is 0. The van der Waals surface area contributed by atoms with Gasteiger partial charge in [-0.3, -0.25) is 14.6 Å². The maximum atomic E-state index is 12.4. The van der Waals surface area contributed by atoms with Crippen molar-refractivity contribution in [2.75, 3.05) is 45.3 Å². The minimum atomic E-state index is -0.150. The van der Waals surface area contributed by atoms with Crippen LogP contribution in [0.2, 0.25) is 0 Å². The number of nitrogens with one attached hydrogen (secondary N) is 1. The molecule has 0 aromatic carbocycles. The lowest BCUT2D eigenvalue weighted by Gasteiger charge is -2.20. The monoisotopic (exact) mass is 306 g/mol. The van der Waals surface area contributed by atoms with E-state index in [4.69, 9.17) is 4.74 Å². The number of hydrogen-bond donors (Lipinski definition) is 1. The summed E-state index contributed by atoms with van der Waals surface area (Å²) in [4.78, 5) is 35.1. The Morgan fingerprint density at radius 3 is 2.95 bits per heavy atom. The lowest BCUT2D eigenvalue weighted by molar-refractivity contribution is -0.134. The van der Waals surface area contributed by atoms with Gasteiger partial charge in [0, 0.05) is 45.8 Å². The van der Waals surface area contributed by atoms with Crippen LogP contribution >= 0.6 is 0 Å². The van der Waals surface area contributed by atoms with E-state index in [-0.39, 0.29) is 23.3 Å². The highest BCUT2D eigenvalue weighted by atomic mass is 16.5. The molecule has 120 valence electrons. The van der Waals surface area contributed by atoms with Gasteiger partial charge in [0.2, 0.25) is 11.9 Å². The number of ether oxygens (including phenoxy) is 1. The minimum Gasteiger partial charge on any atom is -0.381 e. The normalized spacial score (nSPS) is 24.7. The van der Waals surface area contributed by atoms with Gasteiger partial charge < -0.3 is 14.5 Å². The molecule has 3 heterocycles. The molecule has 22 heavy (non-hydrogen) atoms. The van der Waals surface area contributed by atoms with Crippen molar-refractivity contribution in [3.8, 4) is 0 Å². The molecule has 1 N–H and O–H groups in total. The molecule has 2 aliphatic heterocycles. The molecule has 1 aromatic heterocycles. The highest BCUT2D eigenvalue weighted by molar-refractivity contribution is 5.79. The van der Waals surface area contributed by atoms with Crippen LogP contribution in [0.15, 0.2) is 10.9 Å². The first-order valence-electron chi connectivity index (χ1n) is 7.69. The number of likely N-dealkylation sites (tertiary alicyclic amines) is 1. The molecule has 2 atom stereocenters. The number of amides is 1. The average Bonchev–Trinajstić information content (AvgIpc) is 3.17. The van der Waals surface area contributed by atoms with Crippen LogP contribution in [0.25, 0.3) is 0 Å². The first-order valence-corrected chi connectivity index (χ1v) is 7.69. The molecule has 2 fully saturated rings. The third kappa shape index (κ3) is 2.99. The van der Waals surface area contributed by atoms with E-state index in [2.05, 4.69) is 9.97 Å². The zero-order valence-corrected chi connectivity index (χ0v) is 13.0. The Morgan fingerprint density at radius 1 is 1.45 bits per heavy atom. The number of H-pyrrole nitrogens is 1. The lowest BCUT2D eigenvalue weighted by atomic mass is 10.0. The van der Waals surface area contributed by atoms with Crippen LogP contribution in [0, 0.1) is 5.92 Å². The number of anilines is 1. The van der Waals surface area contributed by atoms with Gasteiger partial charge >= 0.3 is 0 Å². The van der Waals surface area contributed by atoms with E-state index in [0.717, 1.165) is 25.1 Å². The molecule has 0 unspecified atom stereocenters. The van der Waals surface area contributed by atoms with Gasteiger partial charge in [-0.1, -0.05) is 0 Å². The Balaban J connectivity index is 1.72. The van der Waals surface area contributed by atoms with Crippen LogP contribution in [-0.4, -0.2) is 61.2 Å². The van der Waals surface area contributed by atoms with Gasteiger partial charge in [-0.05, 0) is 12.8 Å². The summed E-state index contributed by atoms with van der Waals surface area (Å²) in [6, 6.07) is 1.55. The van der Waals surface area contributed by atoms with Crippen molar-refractivity contribution < 1.29 is 9.53 Å². The van der Waals surface area contributed by atoms with E-state index in [9.17, 15) is 9.59 Å². The summed E-state index contributed by atoms with van der Waals surface area (Å²) in [5.74, 6) is 0.865. The van der Waals surface area contributed by atoms with Gasteiger partial charge in [0.1, 0.15) is 0 Å². The van der Waals surface area contributed by atoms with E-state index in [1.54, 1.807) is 11.0 Å². The van der Waals surface area contributed by atoms with Crippen molar-refractivity contribution in [1.82, 2.24) is 14.9 Å². The van der Waals surface area contributed by atoms with Crippen LogP contribution in [-0.2, 0) is 9.53 Å². The molecule has 0 bridgehead atoms. The second-order valence-electron chi connectivity index (χ2n) is 6.22. The topological polar surface area (TPSA) is 78.5 Å². The average molecular weight is 306 g/mol. The van der Waals surface area contributed by atoms with Crippen molar-refractivity contribution in [3.63, 3.8) is 0 Å². The number of aromatic nitrogens is 2. The SMILES string of the molecule is CN(C)c1nc([C@H]2CCN(C(=O)[C@H]3CCOC3)C2)cc(=O)[nH]1. The van der Waals surface area contributed by atoms with Gasteiger partial charge in [-0.15, -0.1) is 0 Å². The maximum Gasteiger partial charge on any atom is 0.252 e. The zero-order chi connectivity index (χ0) is 15.7. The molecule has 0 aliphatic carbocycles. The third-order valence-electron chi connectivity index (χ3n) is 4.37. The number of carbonyl (C=O) groups excluding carboxylic acids is 1. The van der Waals surface area contributed by atoms with Crippen molar-refractivity contribution in [2.24, 2.45) is 5.92 Å². The molecule has 1 amide bonds. The van der Waals surface area contributed by atoms with Gasteiger partial charge in [0.05, 0.1) is 18.2 Å². The molecule has 0 radical (unpaired) electrons. The van der Waals surface area contributed by atoms with E-state index in [0.29, 0.717) is 25.7 Å². The highest BCUT2D eigenvalue weighted by Crippen LogP contribution is 2.28. The second kappa shape index (κ2) is 6.08. The van der Waals surface area contributed by atoms with Crippen molar-refractivity contribution >= 4 is 11.9 Å². The standard InChI is InChI=1S/C15H22N4O3/c1-18(2)15-16-12(7-13(20)17-15)10-3-5-19(8-10)14(21)11-4-6-22-9-11/h7,10-11H,3-6,8-9H2,1-2H3,(H,16,17,20)/t10-,11-/m0/s1. The highest BCUT2D eigenvalue weighted by Gasteiger charge is 2.34. The molecule has 1 aromatic rings. The fourth-order valence-electron chi connectivity index (χ4n) is 3.07. The van der Waals surface area contributed by atoms with Crippen molar-refractivity contribution in [3.05, 3.63) is 22.1 Å². The summed E-state index contributed by atoms with van der Waals surface area (Å²) in [5.41, 5.74) is 0.619. The smallest absolute Gasteiger partial charge is 0.252 e. The molecule has 2 aliphatic rings. The summed E-state index contributed by atoms with van der Waals surface area (Å²) in [6.07, 6.45) is 1.66. The summed E-state index contributed by atoms with van der Waals surface area (Å²) in [7, 11) is 3.68. The zero-order valence-electron chi connectivity index (χ0n) is 13.0. The fourth-order valence-corrected chi connectivity index (χ4v) is 3.07. The van der Waals surface area contributed by atoms with Crippen LogP contribution in [0.4, 0.5) is 5.95 Å². The van der Waals surface area contributed by atoms with E-state index < -0.39 is 0 Å². The summed E-state index contributed by atoms with van der Waals surface area (Å²) in [5, 5.41) is 0. The first-order chi connectivity index (χ1) is 10.5. The molecular formula is C15H22N4O3. The van der Waals surface area contributed by atoms with Crippen molar-refractivity contribution in [1.29, 1.82) is 0 Å². The summed E-state index contributed by atoms with van der Waals surface area (Å²) in [6.45, 7) is 2.58. The Morgan fingerprint density at radius 2 is 2.27 bits per heavy atom. The quantitative estimate of drug-likeness (QED) is 0.862. The Labute approximate surface area is 129 Å². The molecule has 7 heteroatoms. The number of aromatic amines is 1. The Hall–Kier alpha value is -1.89. The Kier molecular flexibility index (Phi) is 4.15. The van der Waals surface area contributed by atoms with E-state index in [1.807, 2.05) is 19.0 Å². The van der Waals surface area contributed by atoms with Gasteiger partial charge in [0.25, 0.3) is 5.56 Å². The third-order valence-corrected chi connectivity index (χ3v) is 4.37. The predicted octanol–water partition coefficient (Wildman–Crippen LogP) is 0.188. The second-order valence-corrected chi connectivity index (χ2v) is 6.22. The number of hydrogen-bond acceptors (Lipinski definition) is 5. The molecule has 0 spiro atoms. The van der Waals surface area contributed by atoms with Crippen LogP contribution in [0.1, 0.15) is 24.5 Å². The van der Waals surface area contributed by atoms with Gasteiger partial charge in [-0.25, -0.2) is 4.98 Å². The maximum absolute atomic E-state index is 12.4. The van der Waals surface area contributed by atoms with Crippen molar-refractivity contribution in [2.45, 2.75) is 18.8 Å². The first kappa shape index (κ1) is 15.0. The number of rotatable bonds is 3. The molecule has 0 saturated carbocycles. The van der Waals surface area contributed by atoms with Crippen LogP contribution < -0.4 is 10.5 Å². The number of carbonyl (C=O) groups is 1. The predicted molar refractivity (Wildman–Crippen MR) is 82.0 cm³/mol. The number of nitrogens with zero attached hydrogens (tertiary/aromatic N) is 3. The molecule has 3 rings (SSSR count). The fraction of sp³-hybridized carbons (Fsp3) is 0.667. The molecule has 7 nitrogen and oxygen atoms in total. The van der Waals surface area contributed by atoms with Gasteiger partial charge in [0.15, 0.2) is 0 Å². The van der Waals surface area contributed by atoms with Crippen LogP contribution in [0.5, 0.6) is 0 Å². The largest absolute Gasteiger partial charge is 0.381 e. The Bertz CT molecular complexity index is 607. The van der Waals surface area contributed by atoms with Crippen LogP contribution in [0.3, 0.4) is 0 Å². The molecular weight excluding hydrogens is 284 g/mol.